The van der Waals surface area contributed by atoms with Crippen LogP contribution in [0.1, 0.15) is 38.7 Å². The summed E-state index contributed by atoms with van der Waals surface area (Å²) in [6.07, 6.45) is 1.37. The van der Waals surface area contributed by atoms with Crippen molar-refractivity contribution in [2.45, 2.75) is 45.6 Å². The molecule has 1 aromatic rings. The molecular weight excluding hydrogens is 280 g/mol. The van der Waals surface area contributed by atoms with E-state index in [1.807, 2.05) is 44.2 Å². The lowest BCUT2D eigenvalue weighted by Gasteiger charge is -2.09. The maximum absolute atomic E-state index is 12.2. The highest BCUT2D eigenvalue weighted by Gasteiger charge is 2.47. The molecule has 0 spiro atoms. The number of cyclic esters (lactones) is 1. The van der Waals surface area contributed by atoms with Gasteiger partial charge in [-0.05, 0) is 30.7 Å². The Labute approximate surface area is 130 Å². The molecule has 118 valence electrons. The second-order valence-corrected chi connectivity index (χ2v) is 6.20. The van der Waals surface area contributed by atoms with E-state index in [9.17, 15) is 14.4 Å². The molecule has 1 heterocycles. The van der Waals surface area contributed by atoms with E-state index in [2.05, 4.69) is 0 Å². The molecule has 2 unspecified atom stereocenters. The molecule has 0 amide bonds. The van der Waals surface area contributed by atoms with E-state index in [0.29, 0.717) is 12.8 Å². The minimum atomic E-state index is -1.19. The molecule has 0 aliphatic carbocycles. The van der Waals surface area contributed by atoms with Crippen molar-refractivity contribution >= 4 is 17.5 Å². The van der Waals surface area contributed by atoms with Gasteiger partial charge < -0.3 is 4.74 Å². The van der Waals surface area contributed by atoms with E-state index in [4.69, 9.17) is 4.74 Å². The van der Waals surface area contributed by atoms with E-state index in [1.54, 1.807) is 0 Å². The fourth-order valence-electron chi connectivity index (χ4n) is 2.71. The fourth-order valence-corrected chi connectivity index (χ4v) is 2.71. The summed E-state index contributed by atoms with van der Waals surface area (Å²) in [5, 5.41) is 0. The summed E-state index contributed by atoms with van der Waals surface area (Å²) in [6.45, 7) is 3.91. The first-order valence-corrected chi connectivity index (χ1v) is 7.80. The number of hydrogen-bond donors (Lipinski definition) is 0. The highest BCUT2D eigenvalue weighted by Crippen LogP contribution is 2.24. The second-order valence-electron chi connectivity index (χ2n) is 6.20. The number of carbonyl (C=O) groups excluding carboxylic acids is 3. The van der Waals surface area contributed by atoms with Crippen LogP contribution in [-0.4, -0.2) is 23.6 Å². The summed E-state index contributed by atoms with van der Waals surface area (Å²) in [6, 6.07) is 9.84. The summed E-state index contributed by atoms with van der Waals surface area (Å²) in [4.78, 5) is 36.1. The van der Waals surface area contributed by atoms with Crippen LogP contribution in [0.25, 0.3) is 0 Å². The molecule has 1 aliphatic rings. The third-order valence-electron chi connectivity index (χ3n) is 3.83. The van der Waals surface area contributed by atoms with Gasteiger partial charge in [-0.15, -0.1) is 0 Å². The van der Waals surface area contributed by atoms with Crippen molar-refractivity contribution < 1.29 is 19.1 Å². The Morgan fingerprint density at radius 3 is 2.50 bits per heavy atom. The molecule has 1 fully saturated rings. The number of esters is 1. The normalized spacial score (nSPS) is 21.2. The molecule has 0 N–H and O–H groups in total. The van der Waals surface area contributed by atoms with Crippen molar-refractivity contribution in [3.05, 3.63) is 35.9 Å². The maximum Gasteiger partial charge on any atom is 0.325 e. The molecule has 2 atom stereocenters. The van der Waals surface area contributed by atoms with Gasteiger partial charge in [0.2, 0.25) is 0 Å². The van der Waals surface area contributed by atoms with E-state index >= 15 is 0 Å². The molecule has 1 aromatic carbocycles. The highest BCUT2D eigenvalue weighted by molar-refractivity contribution is 6.21. The minimum Gasteiger partial charge on any atom is -0.453 e. The van der Waals surface area contributed by atoms with Crippen LogP contribution in [0.3, 0.4) is 0 Å². The van der Waals surface area contributed by atoms with Gasteiger partial charge >= 0.3 is 5.97 Å². The summed E-state index contributed by atoms with van der Waals surface area (Å²) >= 11 is 0. The van der Waals surface area contributed by atoms with Gasteiger partial charge in [0.1, 0.15) is 0 Å². The van der Waals surface area contributed by atoms with Crippen LogP contribution in [0, 0.1) is 11.8 Å². The van der Waals surface area contributed by atoms with Gasteiger partial charge in [-0.2, -0.15) is 0 Å². The van der Waals surface area contributed by atoms with Crippen molar-refractivity contribution in [3.8, 4) is 0 Å². The topological polar surface area (TPSA) is 60.4 Å². The molecule has 4 nitrogen and oxygen atoms in total. The highest BCUT2D eigenvalue weighted by atomic mass is 16.6. The van der Waals surface area contributed by atoms with Crippen molar-refractivity contribution in [2.75, 3.05) is 0 Å². The fraction of sp³-hybridized carbons (Fsp3) is 0.500. The Kier molecular flexibility index (Phi) is 5.47. The molecular formula is C18H22O4. The largest absolute Gasteiger partial charge is 0.453 e. The van der Waals surface area contributed by atoms with Crippen LogP contribution in [0.5, 0.6) is 0 Å². The van der Waals surface area contributed by atoms with Gasteiger partial charge in [-0.1, -0.05) is 44.2 Å². The van der Waals surface area contributed by atoms with Gasteiger partial charge in [0, 0.05) is 6.42 Å². The predicted octanol–water partition coefficient (Wildman–Crippen LogP) is 2.74. The molecule has 22 heavy (non-hydrogen) atoms. The summed E-state index contributed by atoms with van der Waals surface area (Å²) in [5.41, 5.74) is 1.15. The predicted molar refractivity (Wildman–Crippen MR) is 82.2 cm³/mol. The standard InChI is InChI=1S/C18H22O4/c1-12(2)11-15-17(20)16(18(21)22-15)14(19)10-6-9-13-7-4-3-5-8-13/h3-5,7-8,12,15-16H,6,9-11H2,1-2H3. The third kappa shape index (κ3) is 4.03. The first-order chi connectivity index (χ1) is 10.5. The summed E-state index contributed by atoms with van der Waals surface area (Å²) in [5.74, 6) is -2.28. The van der Waals surface area contributed by atoms with E-state index in [0.717, 1.165) is 12.0 Å². The van der Waals surface area contributed by atoms with Crippen LogP contribution in [0.2, 0.25) is 0 Å². The molecule has 0 aromatic heterocycles. The molecule has 0 radical (unpaired) electrons. The average molecular weight is 302 g/mol. The van der Waals surface area contributed by atoms with Gasteiger partial charge in [-0.25, -0.2) is 0 Å². The number of benzene rings is 1. The van der Waals surface area contributed by atoms with Gasteiger partial charge in [0.05, 0.1) is 0 Å². The number of aryl methyl sites for hydroxylation is 1. The second kappa shape index (κ2) is 7.34. The lowest BCUT2D eigenvalue weighted by atomic mass is 9.92. The number of hydrogen-bond acceptors (Lipinski definition) is 4. The van der Waals surface area contributed by atoms with Crippen molar-refractivity contribution in [2.24, 2.45) is 11.8 Å². The zero-order valence-corrected chi connectivity index (χ0v) is 13.1. The molecule has 0 bridgehead atoms. The van der Waals surface area contributed by atoms with Crippen LogP contribution < -0.4 is 0 Å². The monoisotopic (exact) mass is 302 g/mol. The number of ether oxygens (including phenoxy) is 1. The first kappa shape index (κ1) is 16.4. The summed E-state index contributed by atoms with van der Waals surface area (Å²) in [7, 11) is 0. The van der Waals surface area contributed by atoms with Gasteiger partial charge in [0.15, 0.2) is 23.6 Å². The van der Waals surface area contributed by atoms with Crippen LogP contribution >= 0.6 is 0 Å². The van der Waals surface area contributed by atoms with Gasteiger partial charge in [0.25, 0.3) is 0 Å². The molecule has 1 aliphatic heterocycles. The number of Topliss-reactive ketones (excluding diaryl/α,β-unsaturated/α-hetero) is 2. The molecule has 0 saturated carbocycles. The SMILES string of the molecule is CC(C)CC1OC(=O)C(C(=O)CCCc2ccccc2)C1=O. The number of rotatable bonds is 7. The molecule has 1 saturated heterocycles. The quantitative estimate of drug-likeness (QED) is 0.574. The lowest BCUT2D eigenvalue weighted by molar-refractivity contribution is -0.147. The van der Waals surface area contributed by atoms with Crippen LogP contribution in [-0.2, 0) is 25.5 Å². The number of carbonyl (C=O) groups is 3. The Hall–Kier alpha value is -1.97. The van der Waals surface area contributed by atoms with E-state index < -0.39 is 18.0 Å². The first-order valence-electron chi connectivity index (χ1n) is 7.80. The third-order valence-corrected chi connectivity index (χ3v) is 3.83. The zero-order valence-electron chi connectivity index (χ0n) is 13.1. The maximum atomic E-state index is 12.2. The molecule has 2 rings (SSSR count). The van der Waals surface area contributed by atoms with Crippen molar-refractivity contribution in [1.82, 2.24) is 0 Å². The van der Waals surface area contributed by atoms with E-state index in [-0.39, 0.29) is 23.9 Å². The van der Waals surface area contributed by atoms with Crippen molar-refractivity contribution in [3.63, 3.8) is 0 Å². The number of ketones is 2. The Bertz CT molecular complexity index is 547. The smallest absolute Gasteiger partial charge is 0.325 e. The van der Waals surface area contributed by atoms with E-state index in [1.165, 1.54) is 0 Å². The summed E-state index contributed by atoms with van der Waals surface area (Å²) < 4.78 is 5.07. The van der Waals surface area contributed by atoms with Crippen LogP contribution in [0.15, 0.2) is 30.3 Å². The zero-order chi connectivity index (χ0) is 16.1. The Morgan fingerprint density at radius 2 is 1.86 bits per heavy atom. The Morgan fingerprint density at radius 1 is 1.18 bits per heavy atom. The molecule has 4 heteroatoms. The van der Waals surface area contributed by atoms with Crippen molar-refractivity contribution in [1.29, 1.82) is 0 Å². The average Bonchev–Trinajstić information content (AvgIpc) is 2.73. The van der Waals surface area contributed by atoms with Gasteiger partial charge in [-0.3, -0.25) is 14.4 Å². The van der Waals surface area contributed by atoms with Crippen LogP contribution in [0.4, 0.5) is 0 Å². The lowest BCUT2D eigenvalue weighted by Crippen LogP contribution is -2.28. The Balaban J connectivity index is 1.87. The minimum absolute atomic E-state index is 0.231.